The van der Waals surface area contributed by atoms with Gasteiger partial charge in [-0.3, -0.25) is 19.4 Å². The van der Waals surface area contributed by atoms with E-state index in [0.717, 1.165) is 40.2 Å². The molecule has 0 bridgehead atoms. The molecule has 3 aromatic rings. The summed E-state index contributed by atoms with van der Waals surface area (Å²) >= 11 is 0.415. The zero-order chi connectivity index (χ0) is 33.4. The maximum Gasteiger partial charge on any atom is 0.425 e. The number of carbonyl (C=O) groups excluding carboxylic acids is 3. The molecule has 0 spiro atoms. The Morgan fingerprint density at radius 3 is 2.48 bits per heavy atom. The van der Waals surface area contributed by atoms with Crippen molar-refractivity contribution in [3.63, 3.8) is 0 Å². The topological polar surface area (TPSA) is 106 Å². The van der Waals surface area contributed by atoms with E-state index in [0.29, 0.717) is 36.3 Å². The lowest BCUT2D eigenvalue weighted by molar-refractivity contribution is -0.142. The highest BCUT2D eigenvalue weighted by molar-refractivity contribution is 7.10. The van der Waals surface area contributed by atoms with Crippen molar-refractivity contribution >= 4 is 29.1 Å². The van der Waals surface area contributed by atoms with Gasteiger partial charge in [0.05, 0.1) is 18.0 Å². The molecule has 2 aliphatic heterocycles. The van der Waals surface area contributed by atoms with Gasteiger partial charge in [-0.15, -0.1) is 11.3 Å². The molecule has 1 saturated heterocycles. The highest BCUT2D eigenvalue weighted by atomic mass is 32.1. The number of primary amides is 1. The minimum atomic E-state index is -4.89. The summed E-state index contributed by atoms with van der Waals surface area (Å²) in [5.41, 5.74) is 5.25. The first kappa shape index (κ1) is 33.2. The third kappa shape index (κ3) is 6.98. The highest BCUT2D eigenvalue weighted by Gasteiger charge is 2.46. The Kier molecular flexibility index (Phi) is 9.34. The first-order chi connectivity index (χ1) is 21.7. The van der Waals surface area contributed by atoms with Gasteiger partial charge in [0, 0.05) is 42.3 Å². The number of hydrogen-bond donors (Lipinski definition) is 1. The van der Waals surface area contributed by atoms with Crippen LogP contribution in [-0.4, -0.2) is 57.7 Å². The van der Waals surface area contributed by atoms with Gasteiger partial charge in [-0.05, 0) is 54.7 Å². The molecule has 0 radical (unpaired) electrons. The Hall–Kier alpha value is -4.14. The van der Waals surface area contributed by atoms with Gasteiger partial charge in [0.15, 0.2) is 0 Å². The summed E-state index contributed by atoms with van der Waals surface area (Å²) in [6.45, 7) is 1.96. The highest BCUT2D eigenvalue weighted by Crippen LogP contribution is 2.39. The lowest BCUT2D eigenvalue weighted by atomic mass is 9.83. The number of halogens is 6. The number of nitrogens with zero attached hydrogens (tertiary/aromatic N) is 3. The van der Waals surface area contributed by atoms with Crippen molar-refractivity contribution in [2.45, 2.75) is 63.7 Å². The SMILES string of the molecule is CCC[C@@H]1[C@@H](C(=O)N2CCc3ccc(C(N)=O)cc3C2)CC(Oc2csc(C(F)(F)F)c2)CN1C(=O)c1ncccc1C(F)(F)F. The number of fused-ring (bicyclic) bond motifs is 1. The third-order valence-corrected chi connectivity index (χ3v) is 9.19. The second-order valence-electron chi connectivity index (χ2n) is 11.3. The van der Waals surface area contributed by atoms with Gasteiger partial charge in [0.2, 0.25) is 11.8 Å². The van der Waals surface area contributed by atoms with Crippen LogP contribution in [0.2, 0.25) is 0 Å². The molecule has 1 fully saturated rings. The van der Waals surface area contributed by atoms with Crippen LogP contribution in [0, 0.1) is 5.92 Å². The van der Waals surface area contributed by atoms with Crippen LogP contribution in [-0.2, 0) is 30.1 Å². The van der Waals surface area contributed by atoms with E-state index in [1.54, 1.807) is 30.0 Å². The van der Waals surface area contributed by atoms with E-state index >= 15 is 0 Å². The first-order valence-corrected chi connectivity index (χ1v) is 15.4. The number of nitrogens with two attached hydrogens (primary N) is 1. The van der Waals surface area contributed by atoms with Crippen LogP contribution < -0.4 is 10.5 Å². The predicted octanol–water partition coefficient (Wildman–Crippen LogP) is 5.94. The van der Waals surface area contributed by atoms with Crippen LogP contribution >= 0.6 is 11.3 Å². The van der Waals surface area contributed by atoms with Crippen molar-refractivity contribution in [1.29, 1.82) is 0 Å². The van der Waals surface area contributed by atoms with Crippen molar-refractivity contribution in [2.75, 3.05) is 13.1 Å². The van der Waals surface area contributed by atoms with Gasteiger partial charge in [-0.1, -0.05) is 19.4 Å². The summed E-state index contributed by atoms with van der Waals surface area (Å²) < 4.78 is 87.5. The lowest BCUT2D eigenvalue weighted by Gasteiger charge is -2.45. The van der Waals surface area contributed by atoms with E-state index in [1.165, 1.54) is 0 Å². The number of rotatable bonds is 7. The number of benzene rings is 1. The fraction of sp³-hybridized carbons (Fsp3) is 0.419. The van der Waals surface area contributed by atoms with E-state index in [-0.39, 0.29) is 37.2 Å². The normalized spacial score (nSPS) is 20.3. The van der Waals surface area contributed by atoms with Gasteiger partial charge in [-0.25, -0.2) is 0 Å². The number of piperidine rings is 1. The molecule has 1 unspecified atom stereocenters. The van der Waals surface area contributed by atoms with Crippen molar-refractivity contribution in [1.82, 2.24) is 14.8 Å². The molecule has 3 atom stereocenters. The summed E-state index contributed by atoms with van der Waals surface area (Å²) in [7, 11) is 0. The zero-order valence-corrected chi connectivity index (χ0v) is 25.3. The molecule has 8 nitrogen and oxygen atoms in total. The van der Waals surface area contributed by atoms with E-state index in [4.69, 9.17) is 10.5 Å². The molecule has 4 heterocycles. The molecule has 246 valence electrons. The van der Waals surface area contributed by atoms with Crippen molar-refractivity contribution < 1.29 is 45.5 Å². The molecule has 46 heavy (non-hydrogen) atoms. The second-order valence-corrected chi connectivity index (χ2v) is 12.2. The molecule has 5 rings (SSSR count). The van der Waals surface area contributed by atoms with Crippen molar-refractivity contribution in [2.24, 2.45) is 11.7 Å². The quantitative estimate of drug-likeness (QED) is 0.314. The Morgan fingerprint density at radius 1 is 1.07 bits per heavy atom. The smallest absolute Gasteiger partial charge is 0.425 e. The second kappa shape index (κ2) is 12.9. The van der Waals surface area contributed by atoms with Crippen molar-refractivity contribution in [3.8, 4) is 5.75 Å². The Balaban J connectivity index is 1.50. The van der Waals surface area contributed by atoms with Crippen LogP contribution in [0.15, 0.2) is 48.0 Å². The predicted molar refractivity (Wildman–Crippen MR) is 155 cm³/mol. The van der Waals surface area contributed by atoms with Crippen LogP contribution in [0.5, 0.6) is 5.75 Å². The molecule has 1 aromatic carbocycles. The van der Waals surface area contributed by atoms with E-state index < -0.39 is 64.3 Å². The number of alkyl halides is 6. The van der Waals surface area contributed by atoms with Crippen LogP contribution in [0.1, 0.15) is 68.6 Å². The summed E-state index contributed by atoms with van der Waals surface area (Å²) in [4.78, 5) is 45.4. The number of aromatic nitrogens is 1. The van der Waals surface area contributed by atoms with E-state index in [9.17, 15) is 40.7 Å². The first-order valence-electron chi connectivity index (χ1n) is 14.5. The monoisotopic (exact) mass is 668 g/mol. The summed E-state index contributed by atoms with van der Waals surface area (Å²) in [6.07, 6.45) is -8.26. The average Bonchev–Trinajstić information content (AvgIpc) is 3.49. The standard InChI is InChI=1S/C31H30F6N4O4S/c1-2-4-24-22(28(43)40-10-8-17-6-7-18(27(38)42)11-19(17)14-40)12-20(45-21-13-25(46-16-21)31(35,36)37)15-41(24)29(44)26-23(30(32,33)34)5-3-9-39-26/h3,5-7,9,11,13,16,20,22,24H,2,4,8,10,12,14-15H2,1H3,(H2,38,42)/t20?,22-,24+/m0/s1. The Labute approximate surface area is 264 Å². The third-order valence-electron chi connectivity index (χ3n) is 8.23. The number of amides is 3. The minimum absolute atomic E-state index is 0.00348. The zero-order valence-electron chi connectivity index (χ0n) is 24.5. The Morgan fingerprint density at radius 2 is 1.83 bits per heavy atom. The summed E-state index contributed by atoms with van der Waals surface area (Å²) in [6, 6.07) is 6.74. The van der Waals surface area contributed by atoms with E-state index in [1.807, 2.05) is 0 Å². The van der Waals surface area contributed by atoms with Crippen LogP contribution in [0.3, 0.4) is 0 Å². The van der Waals surface area contributed by atoms with Gasteiger partial charge in [0.25, 0.3) is 5.91 Å². The molecular formula is C31H30F6N4O4S. The molecular weight excluding hydrogens is 638 g/mol. The number of likely N-dealkylation sites (tertiary alicyclic amines) is 1. The molecule has 2 aromatic heterocycles. The molecule has 0 saturated carbocycles. The molecule has 2 aliphatic rings. The maximum atomic E-state index is 14.2. The van der Waals surface area contributed by atoms with E-state index in [2.05, 4.69) is 4.98 Å². The Bertz CT molecular complexity index is 1620. The summed E-state index contributed by atoms with van der Waals surface area (Å²) in [5.74, 6) is -3.17. The number of ether oxygens (including phenoxy) is 1. The van der Waals surface area contributed by atoms with Crippen molar-refractivity contribution in [3.05, 3.63) is 80.8 Å². The van der Waals surface area contributed by atoms with Crippen LogP contribution in [0.25, 0.3) is 0 Å². The van der Waals surface area contributed by atoms with Gasteiger partial charge in [-0.2, -0.15) is 26.3 Å². The van der Waals surface area contributed by atoms with Crippen LogP contribution in [0.4, 0.5) is 26.3 Å². The lowest BCUT2D eigenvalue weighted by Crippen LogP contribution is -2.59. The summed E-state index contributed by atoms with van der Waals surface area (Å²) in [5, 5.41) is 1.16. The van der Waals surface area contributed by atoms with Gasteiger partial charge < -0.3 is 20.3 Å². The molecule has 3 amide bonds. The molecule has 0 aliphatic carbocycles. The number of pyridine rings is 1. The van der Waals surface area contributed by atoms with Gasteiger partial charge >= 0.3 is 12.4 Å². The number of hydrogen-bond acceptors (Lipinski definition) is 6. The number of thiophene rings is 1. The fourth-order valence-electron chi connectivity index (χ4n) is 6.12. The fourth-order valence-corrected chi connectivity index (χ4v) is 6.80. The molecule has 2 N–H and O–H groups in total. The number of carbonyl (C=O) groups is 3. The molecule has 15 heteroatoms. The minimum Gasteiger partial charge on any atom is -0.488 e. The maximum absolute atomic E-state index is 14.2. The van der Waals surface area contributed by atoms with Gasteiger partial charge in [0.1, 0.15) is 22.4 Å². The average molecular weight is 669 g/mol. The largest absolute Gasteiger partial charge is 0.488 e.